The lowest BCUT2D eigenvalue weighted by Gasteiger charge is -2.22. The molecule has 1 aliphatic heterocycles. The van der Waals surface area contributed by atoms with Crippen LogP contribution in [-0.4, -0.2) is 12.0 Å². The fourth-order valence-corrected chi connectivity index (χ4v) is 2.21. The van der Waals surface area contributed by atoms with Gasteiger partial charge in [0.05, 0.1) is 0 Å². The van der Waals surface area contributed by atoms with E-state index in [2.05, 4.69) is 17.1 Å². The molecule has 0 bridgehead atoms. The van der Waals surface area contributed by atoms with Gasteiger partial charge in [-0.1, -0.05) is 12.2 Å². The van der Waals surface area contributed by atoms with Crippen LogP contribution in [0.5, 0.6) is 0 Å². The molecule has 2 rings (SSSR count). The van der Waals surface area contributed by atoms with Crippen molar-refractivity contribution in [1.82, 2.24) is 0 Å². The molecule has 0 aromatic carbocycles. The summed E-state index contributed by atoms with van der Waals surface area (Å²) in [5.41, 5.74) is 1.34. The number of rotatable bonds is 1. The van der Waals surface area contributed by atoms with Crippen molar-refractivity contribution in [3.8, 4) is 0 Å². The van der Waals surface area contributed by atoms with Gasteiger partial charge in [-0.15, -0.1) is 0 Å². The molecule has 0 radical (unpaired) electrons. The molecular weight excluding hydrogens is 186 g/mol. The minimum atomic E-state index is 0.425. The van der Waals surface area contributed by atoms with Crippen molar-refractivity contribution in [3.05, 3.63) is 23.9 Å². The fourth-order valence-electron chi connectivity index (χ4n) is 2.21. The third-order valence-electron chi connectivity index (χ3n) is 3.14. The zero-order valence-corrected chi connectivity index (χ0v) is 8.98. The molecule has 0 N–H and O–H groups in total. The first-order valence-electron chi connectivity index (χ1n) is 5.76. The van der Waals surface area contributed by atoms with Gasteiger partial charge in [-0.25, -0.2) is 0 Å². The molecule has 1 aliphatic carbocycles. The molecular formula is C13H17NO. The van der Waals surface area contributed by atoms with Crippen LogP contribution >= 0.6 is 0 Å². The molecule has 0 atom stereocenters. The maximum Gasteiger partial charge on any atom is 0.132 e. The topological polar surface area (TPSA) is 29.4 Å². The smallest absolute Gasteiger partial charge is 0.132 e. The number of nitrogens with zero attached hydrogens (tertiary/aromatic N) is 1. The summed E-state index contributed by atoms with van der Waals surface area (Å²) < 4.78 is 0. The quantitative estimate of drug-likeness (QED) is 0.644. The standard InChI is InChI=1S/C13H17NO/c15-13-7-5-11(6-8-13)12-4-2-1-3-9-14-10-12/h3-4,9-11H,1-2,5-8H2/b9-3+,12-4+,14-10-. The highest BCUT2D eigenvalue weighted by Gasteiger charge is 2.20. The fraction of sp³-hybridized carbons (Fsp3) is 0.538. The Labute approximate surface area is 90.8 Å². The summed E-state index contributed by atoms with van der Waals surface area (Å²) >= 11 is 0. The maximum atomic E-state index is 11.2. The van der Waals surface area contributed by atoms with Gasteiger partial charge in [-0.3, -0.25) is 9.79 Å². The maximum absolute atomic E-state index is 11.2. The van der Waals surface area contributed by atoms with Crippen LogP contribution in [0.2, 0.25) is 0 Å². The summed E-state index contributed by atoms with van der Waals surface area (Å²) in [6.45, 7) is 0. The first-order valence-corrected chi connectivity index (χ1v) is 5.76. The van der Waals surface area contributed by atoms with Crippen LogP contribution in [0.3, 0.4) is 0 Å². The molecule has 80 valence electrons. The van der Waals surface area contributed by atoms with Gasteiger partial charge in [0.25, 0.3) is 0 Å². The number of Topliss-reactive ketones (excluding diaryl/α,β-unsaturated/α-hetero) is 1. The second kappa shape index (κ2) is 5.06. The van der Waals surface area contributed by atoms with Crippen LogP contribution in [0.15, 0.2) is 28.9 Å². The largest absolute Gasteiger partial charge is 0.300 e. The van der Waals surface area contributed by atoms with E-state index in [1.807, 2.05) is 12.4 Å². The van der Waals surface area contributed by atoms with E-state index in [4.69, 9.17) is 0 Å². The molecule has 0 aromatic heterocycles. The van der Waals surface area contributed by atoms with Gasteiger partial charge < -0.3 is 0 Å². The van der Waals surface area contributed by atoms with Gasteiger partial charge in [0, 0.05) is 25.3 Å². The van der Waals surface area contributed by atoms with Gasteiger partial charge >= 0.3 is 0 Å². The van der Waals surface area contributed by atoms with E-state index in [0.717, 1.165) is 38.5 Å². The monoisotopic (exact) mass is 203 g/mol. The van der Waals surface area contributed by atoms with Gasteiger partial charge in [-0.2, -0.15) is 0 Å². The second-order valence-electron chi connectivity index (χ2n) is 4.26. The predicted octanol–water partition coefficient (Wildman–Crippen LogP) is 3.05. The third kappa shape index (κ3) is 2.88. The van der Waals surface area contributed by atoms with Gasteiger partial charge in [0.15, 0.2) is 0 Å². The van der Waals surface area contributed by atoms with Crippen LogP contribution in [0, 0.1) is 5.92 Å². The molecule has 1 fully saturated rings. The Morgan fingerprint density at radius 3 is 2.80 bits per heavy atom. The lowest BCUT2D eigenvalue weighted by atomic mass is 9.83. The van der Waals surface area contributed by atoms with E-state index in [-0.39, 0.29) is 0 Å². The molecule has 1 heterocycles. The summed E-state index contributed by atoms with van der Waals surface area (Å²) in [4.78, 5) is 15.4. The molecule has 0 unspecified atom stereocenters. The van der Waals surface area contributed by atoms with E-state index < -0.39 is 0 Å². The molecule has 0 amide bonds. The van der Waals surface area contributed by atoms with E-state index in [9.17, 15) is 4.79 Å². The average Bonchev–Trinajstić information content (AvgIpc) is 2.19. The van der Waals surface area contributed by atoms with Gasteiger partial charge in [-0.05, 0) is 37.2 Å². The number of carbonyl (C=O) groups is 1. The van der Waals surface area contributed by atoms with Crippen molar-refractivity contribution >= 4 is 12.0 Å². The molecule has 2 nitrogen and oxygen atoms in total. The zero-order valence-electron chi connectivity index (χ0n) is 8.98. The summed E-state index contributed by atoms with van der Waals surface area (Å²) in [5.74, 6) is 0.993. The predicted molar refractivity (Wildman–Crippen MR) is 61.9 cm³/mol. The SMILES string of the molecule is O=C1CCC(C2=C/CC/C=C/N=C\2)CC1. The Bertz CT molecular complexity index is 315. The molecule has 0 saturated heterocycles. The molecule has 2 aliphatic rings. The van der Waals surface area contributed by atoms with Crippen LogP contribution < -0.4 is 0 Å². The van der Waals surface area contributed by atoms with E-state index in [1.165, 1.54) is 5.57 Å². The van der Waals surface area contributed by atoms with E-state index in [1.54, 1.807) is 0 Å². The van der Waals surface area contributed by atoms with Crippen molar-refractivity contribution in [2.24, 2.45) is 10.9 Å². The number of hydrogen-bond acceptors (Lipinski definition) is 2. The lowest BCUT2D eigenvalue weighted by Crippen LogP contribution is -2.16. The van der Waals surface area contributed by atoms with Crippen molar-refractivity contribution < 1.29 is 4.79 Å². The van der Waals surface area contributed by atoms with Gasteiger partial charge in [0.2, 0.25) is 0 Å². The van der Waals surface area contributed by atoms with Crippen LogP contribution in [0.25, 0.3) is 0 Å². The number of carbonyl (C=O) groups excluding carboxylic acids is 1. The third-order valence-corrected chi connectivity index (χ3v) is 3.14. The Kier molecular flexibility index (Phi) is 3.49. The van der Waals surface area contributed by atoms with Crippen LogP contribution in [0.1, 0.15) is 38.5 Å². The summed E-state index contributed by atoms with van der Waals surface area (Å²) in [7, 11) is 0. The number of aliphatic imine (C=N–C) groups is 1. The molecule has 0 spiro atoms. The highest BCUT2D eigenvalue weighted by Crippen LogP contribution is 2.28. The van der Waals surface area contributed by atoms with Crippen LogP contribution in [0.4, 0.5) is 0 Å². The van der Waals surface area contributed by atoms with E-state index >= 15 is 0 Å². The Morgan fingerprint density at radius 1 is 1.20 bits per heavy atom. The van der Waals surface area contributed by atoms with Crippen molar-refractivity contribution in [2.45, 2.75) is 38.5 Å². The minimum Gasteiger partial charge on any atom is -0.300 e. The minimum absolute atomic E-state index is 0.425. The highest BCUT2D eigenvalue weighted by molar-refractivity contribution is 5.82. The Balaban J connectivity index is 2.02. The molecule has 1 saturated carbocycles. The Hall–Kier alpha value is -1.18. The Morgan fingerprint density at radius 2 is 2.00 bits per heavy atom. The normalized spacial score (nSPS) is 31.2. The number of allylic oxidation sites excluding steroid dienone is 3. The molecule has 2 heteroatoms. The second-order valence-corrected chi connectivity index (χ2v) is 4.26. The highest BCUT2D eigenvalue weighted by atomic mass is 16.1. The summed E-state index contributed by atoms with van der Waals surface area (Å²) in [6, 6.07) is 0. The average molecular weight is 203 g/mol. The van der Waals surface area contributed by atoms with Crippen LogP contribution in [-0.2, 0) is 4.79 Å². The summed E-state index contributed by atoms with van der Waals surface area (Å²) in [6.07, 6.45) is 13.9. The summed E-state index contributed by atoms with van der Waals surface area (Å²) in [5, 5.41) is 0. The first-order chi connectivity index (χ1) is 7.36. The van der Waals surface area contributed by atoms with Crippen molar-refractivity contribution in [1.29, 1.82) is 0 Å². The first kappa shape index (κ1) is 10.3. The van der Waals surface area contributed by atoms with E-state index in [0.29, 0.717) is 11.7 Å². The lowest BCUT2D eigenvalue weighted by molar-refractivity contribution is -0.120. The van der Waals surface area contributed by atoms with Crippen molar-refractivity contribution in [2.75, 3.05) is 0 Å². The molecule has 15 heavy (non-hydrogen) atoms. The van der Waals surface area contributed by atoms with Gasteiger partial charge in [0.1, 0.15) is 5.78 Å². The number of ketones is 1. The number of hydrogen-bond donors (Lipinski definition) is 0. The zero-order chi connectivity index (χ0) is 10.5. The van der Waals surface area contributed by atoms with Crippen molar-refractivity contribution in [3.63, 3.8) is 0 Å². The molecule has 0 aromatic rings.